The predicted octanol–water partition coefficient (Wildman–Crippen LogP) is 6.74. The van der Waals surface area contributed by atoms with Crippen LogP contribution >= 0.6 is 0 Å². The lowest BCUT2D eigenvalue weighted by molar-refractivity contribution is 0.0971. The summed E-state index contributed by atoms with van der Waals surface area (Å²) in [6, 6.07) is 0. The lowest BCUT2D eigenvalue weighted by Gasteiger charge is -1.94. The van der Waals surface area contributed by atoms with Crippen LogP contribution in [-0.4, -0.2) is 15.8 Å². The first kappa shape index (κ1) is 21.9. The van der Waals surface area contributed by atoms with Crippen LogP contribution in [0.5, 0.6) is 0 Å². The highest BCUT2D eigenvalue weighted by Crippen LogP contribution is 2.04. The van der Waals surface area contributed by atoms with Gasteiger partial charge < -0.3 is 4.98 Å². The number of carbonyl (C=O) groups excluding carboxylic acids is 1. The van der Waals surface area contributed by atoms with Gasteiger partial charge in [-0.2, -0.15) is 0 Å². The van der Waals surface area contributed by atoms with Crippen molar-refractivity contribution in [3.8, 4) is 0 Å². The lowest BCUT2D eigenvalue weighted by atomic mass is 10.1. The number of H-pyrrole nitrogens is 1. The first-order chi connectivity index (χ1) is 12.8. The van der Waals surface area contributed by atoms with Crippen LogP contribution < -0.4 is 0 Å². The number of carbonyl (C=O) groups is 1. The van der Waals surface area contributed by atoms with Crippen molar-refractivity contribution in [3.63, 3.8) is 0 Å². The van der Waals surface area contributed by atoms with Gasteiger partial charge in [0.05, 0.1) is 0 Å². The molecule has 1 heterocycles. The second-order valence-electron chi connectivity index (χ2n) is 6.34. The minimum atomic E-state index is 0.0888. The molecule has 0 saturated carbocycles. The number of nitrogens with one attached hydrogen (secondary N) is 1. The number of hydrogen-bond donors (Lipinski definition) is 1. The summed E-state index contributed by atoms with van der Waals surface area (Å²) in [5.41, 5.74) is 0. The van der Waals surface area contributed by atoms with E-state index in [1.54, 1.807) is 12.4 Å². The summed E-state index contributed by atoms with van der Waals surface area (Å²) >= 11 is 0. The number of Topliss-reactive ketones (excluding diaryl/α,β-unsaturated/α-hetero) is 1. The van der Waals surface area contributed by atoms with Crippen LogP contribution in [0.15, 0.2) is 61.0 Å². The molecule has 3 heteroatoms. The maximum Gasteiger partial charge on any atom is 0.198 e. The standard InChI is InChI=1S/C23H34N2O/c1-2-3-4-5-6-7-8-9-10-11-12-13-14-15-16-17-18-19-22(26)23-24-20-21-25-23/h6-7,9-10,12-13,15-16,20-21H,2-5,8,11,14,17-19H2,1H3,(H,24,25)/b7-6-,10-9-,13-12-,16-15-. The number of allylic oxidation sites excluding steroid dienone is 8. The average Bonchev–Trinajstić information content (AvgIpc) is 3.19. The van der Waals surface area contributed by atoms with Gasteiger partial charge in [0.15, 0.2) is 11.6 Å². The summed E-state index contributed by atoms with van der Waals surface area (Å²) in [6.45, 7) is 2.24. The quantitative estimate of drug-likeness (QED) is 0.215. The van der Waals surface area contributed by atoms with Gasteiger partial charge >= 0.3 is 0 Å². The molecule has 0 aromatic carbocycles. The zero-order chi connectivity index (χ0) is 18.7. The van der Waals surface area contributed by atoms with Crippen molar-refractivity contribution in [3.05, 3.63) is 66.8 Å². The first-order valence-electron chi connectivity index (χ1n) is 9.97. The fraction of sp³-hybridized carbons (Fsp3) is 0.478. The number of rotatable bonds is 15. The number of hydrogen-bond acceptors (Lipinski definition) is 2. The van der Waals surface area contributed by atoms with Crippen molar-refractivity contribution < 1.29 is 4.79 Å². The summed E-state index contributed by atoms with van der Waals surface area (Å²) in [7, 11) is 0. The molecule has 0 aliphatic carbocycles. The van der Waals surface area contributed by atoms with Crippen LogP contribution in [0.4, 0.5) is 0 Å². The third-order valence-corrected chi connectivity index (χ3v) is 3.99. The number of ketones is 1. The van der Waals surface area contributed by atoms with Crippen LogP contribution in [-0.2, 0) is 0 Å². The molecule has 0 aliphatic rings. The molecule has 1 aromatic heterocycles. The molecule has 0 atom stereocenters. The van der Waals surface area contributed by atoms with E-state index in [-0.39, 0.29) is 5.78 Å². The van der Waals surface area contributed by atoms with Gasteiger partial charge in [-0.3, -0.25) is 4.79 Å². The molecule has 0 amide bonds. The van der Waals surface area contributed by atoms with Gasteiger partial charge in [0.25, 0.3) is 0 Å². The molecule has 0 bridgehead atoms. The van der Waals surface area contributed by atoms with Gasteiger partial charge in [-0.05, 0) is 44.9 Å². The molecule has 142 valence electrons. The topological polar surface area (TPSA) is 45.8 Å². The highest BCUT2D eigenvalue weighted by Gasteiger charge is 2.05. The Kier molecular flexibility index (Phi) is 13.7. The van der Waals surface area contributed by atoms with Crippen LogP contribution in [0.1, 0.15) is 81.8 Å². The van der Waals surface area contributed by atoms with Gasteiger partial charge in [0, 0.05) is 18.8 Å². The third-order valence-electron chi connectivity index (χ3n) is 3.99. The molecule has 0 radical (unpaired) electrons. The summed E-state index contributed by atoms with van der Waals surface area (Å²) in [5, 5.41) is 0. The van der Waals surface area contributed by atoms with E-state index in [4.69, 9.17) is 0 Å². The van der Waals surface area contributed by atoms with E-state index in [1.165, 1.54) is 25.7 Å². The van der Waals surface area contributed by atoms with Crippen molar-refractivity contribution in [1.29, 1.82) is 0 Å². The lowest BCUT2D eigenvalue weighted by Crippen LogP contribution is -2.00. The van der Waals surface area contributed by atoms with E-state index in [9.17, 15) is 4.79 Å². The summed E-state index contributed by atoms with van der Waals surface area (Å²) in [6.07, 6.45) is 31.5. The van der Waals surface area contributed by atoms with E-state index < -0.39 is 0 Å². The maximum atomic E-state index is 11.7. The summed E-state index contributed by atoms with van der Waals surface area (Å²) in [5.74, 6) is 0.558. The fourth-order valence-corrected chi connectivity index (χ4v) is 2.48. The largest absolute Gasteiger partial charge is 0.342 e. The molecule has 3 nitrogen and oxygen atoms in total. The van der Waals surface area contributed by atoms with Gasteiger partial charge in [-0.15, -0.1) is 0 Å². The Hall–Kier alpha value is -2.16. The van der Waals surface area contributed by atoms with Crippen molar-refractivity contribution >= 4 is 5.78 Å². The van der Waals surface area contributed by atoms with Crippen molar-refractivity contribution in [2.45, 2.75) is 71.1 Å². The molecule has 0 unspecified atom stereocenters. The fourth-order valence-electron chi connectivity index (χ4n) is 2.48. The Morgan fingerprint density at radius 2 is 1.46 bits per heavy atom. The predicted molar refractivity (Wildman–Crippen MR) is 111 cm³/mol. The Morgan fingerprint density at radius 1 is 0.885 bits per heavy atom. The molecule has 0 saturated heterocycles. The van der Waals surface area contributed by atoms with Crippen LogP contribution in [0.2, 0.25) is 0 Å². The van der Waals surface area contributed by atoms with E-state index >= 15 is 0 Å². The van der Waals surface area contributed by atoms with Crippen molar-refractivity contribution in [2.75, 3.05) is 0 Å². The van der Waals surface area contributed by atoms with Crippen LogP contribution in [0.3, 0.4) is 0 Å². The molecule has 1 aromatic rings. The normalized spacial score (nSPS) is 12.3. The van der Waals surface area contributed by atoms with E-state index in [2.05, 4.69) is 65.5 Å². The number of aromatic nitrogens is 2. The van der Waals surface area contributed by atoms with Gasteiger partial charge in [0.1, 0.15) is 0 Å². The highest BCUT2D eigenvalue weighted by atomic mass is 16.1. The molecule has 0 aliphatic heterocycles. The number of unbranched alkanes of at least 4 members (excludes halogenated alkanes) is 4. The number of imidazole rings is 1. The van der Waals surface area contributed by atoms with Gasteiger partial charge in [-0.1, -0.05) is 68.4 Å². The molecule has 26 heavy (non-hydrogen) atoms. The molecule has 0 fully saturated rings. The Bertz CT molecular complexity index is 565. The Balaban J connectivity index is 1.94. The van der Waals surface area contributed by atoms with E-state index in [1.807, 2.05) is 0 Å². The minimum Gasteiger partial charge on any atom is -0.342 e. The van der Waals surface area contributed by atoms with Gasteiger partial charge in [-0.25, -0.2) is 4.98 Å². The zero-order valence-electron chi connectivity index (χ0n) is 16.2. The molecule has 1 rings (SSSR count). The highest BCUT2D eigenvalue weighted by molar-refractivity contribution is 5.92. The minimum absolute atomic E-state index is 0.0888. The van der Waals surface area contributed by atoms with E-state index in [0.717, 1.165) is 32.1 Å². The second-order valence-corrected chi connectivity index (χ2v) is 6.34. The Labute approximate surface area is 159 Å². The summed E-state index contributed by atoms with van der Waals surface area (Å²) < 4.78 is 0. The number of aromatic amines is 1. The van der Waals surface area contributed by atoms with Crippen LogP contribution in [0, 0.1) is 0 Å². The zero-order valence-corrected chi connectivity index (χ0v) is 16.2. The Morgan fingerprint density at radius 3 is 2.00 bits per heavy atom. The van der Waals surface area contributed by atoms with E-state index in [0.29, 0.717) is 12.2 Å². The number of nitrogens with zero attached hydrogens (tertiary/aromatic N) is 1. The maximum absolute atomic E-state index is 11.7. The molecule has 1 N–H and O–H groups in total. The van der Waals surface area contributed by atoms with Crippen LogP contribution in [0.25, 0.3) is 0 Å². The monoisotopic (exact) mass is 354 g/mol. The summed E-state index contributed by atoms with van der Waals surface area (Å²) in [4.78, 5) is 18.5. The average molecular weight is 355 g/mol. The third kappa shape index (κ3) is 12.2. The SMILES string of the molecule is CCCCC/C=C\C/C=C\C/C=C\C/C=C\CCCC(=O)c1ncc[nH]1. The van der Waals surface area contributed by atoms with Crippen molar-refractivity contribution in [2.24, 2.45) is 0 Å². The second kappa shape index (κ2) is 16.3. The smallest absolute Gasteiger partial charge is 0.198 e. The molecular weight excluding hydrogens is 320 g/mol. The molecule has 0 spiro atoms. The first-order valence-corrected chi connectivity index (χ1v) is 9.97. The van der Waals surface area contributed by atoms with Gasteiger partial charge in [0.2, 0.25) is 0 Å². The van der Waals surface area contributed by atoms with Crippen molar-refractivity contribution in [1.82, 2.24) is 9.97 Å². The molecular formula is C23H34N2O.